The second-order valence-corrected chi connectivity index (χ2v) is 10.1. The van der Waals surface area contributed by atoms with Crippen LogP contribution in [0.5, 0.6) is 0 Å². The van der Waals surface area contributed by atoms with Crippen LogP contribution in [0.4, 0.5) is 0 Å². The number of hydrogen-bond acceptors (Lipinski definition) is 5. The molecule has 10 rings (SSSR count). The van der Waals surface area contributed by atoms with Crippen molar-refractivity contribution in [2.45, 2.75) is 0 Å². The van der Waals surface area contributed by atoms with Crippen molar-refractivity contribution in [3.05, 3.63) is 151 Å². The van der Waals surface area contributed by atoms with Crippen LogP contribution < -0.4 is 0 Å². The number of rotatable bonds is 4. The predicted molar refractivity (Wildman–Crippen MR) is 194 cm³/mol. The van der Waals surface area contributed by atoms with Crippen molar-refractivity contribution in [3.63, 3.8) is 0 Å². The van der Waals surface area contributed by atoms with Crippen molar-refractivity contribution in [2.24, 2.45) is 0 Å². The Morgan fingerprint density at radius 3 is 1.65 bits per heavy atom. The molecule has 0 amide bonds. The molecule has 0 unspecified atom stereocenters. The molecule has 10 aromatic rings. The number of benzene rings is 7. The van der Waals surface area contributed by atoms with Gasteiger partial charge in [0.05, 0.1) is 34.3 Å². The van der Waals surface area contributed by atoms with E-state index in [-0.39, 0.29) is 0 Å². The second-order valence-electron chi connectivity index (χ2n) is 10.1. The van der Waals surface area contributed by atoms with Crippen molar-refractivity contribution in [3.8, 4) is 45.3 Å². The van der Waals surface area contributed by atoms with Crippen LogP contribution in [0.15, 0.2) is 160 Å². The molecule has 0 N–H and O–H groups in total. The lowest BCUT2D eigenvalue weighted by Gasteiger charge is -2.12. The highest BCUT2D eigenvalue weighted by Crippen LogP contribution is 2.40. The topological polar surface area (TPSA) is 65.0 Å². The summed E-state index contributed by atoms with van der Waals surface area (Å²) in [7, 11) is 0. The minimum atomic E-state index is -0.986. The Balaban J connectivity index is 1.40. The summed E-state index contributed by atoms with van der Waals surface area (Å²) in [6, 6.07) is -21.0. The van der Waals surface area contributed by atoms with E-state index in [0.717, 1.165) is 0 Å². The third kappa shape index (κ3) is 4.15. The van der Waals surface area contributed by atoms with Crippen LogP contribution in [0.3, 0.4) is 0 Å². The fourth-order valence-corrected chi connectivity index (χ4v) is 5.35. The molecule has 0 aliphatic rings. The van der Waals surface area contributed by atoms with Gasteiger partial charge in [-0.15, -0.1) is 0 Å². The fourth-order valence-electron chi connectivity index (χ4n) is 5.35. The highest BCUT2D eigenvalue weighted by Gasteiger charge is 2.19. The zero-order chi connectivity index (χ0) is 53.4. The molecule has 0 aliphatic carbocycles. The summed E-state index contributed by atoms with van der Waals surface area (Å²) < 4.78 is 231. The van der Waals surface area contributed by atoms with E-state index in [1.54, 1.807) is 0 Å². The molecule has 0 saturated carbocycles. The van der Waals surface area contributed by atoms with E-state index in [9.17, 15) is 6.85 Å². The average molecular weight is 641 g/mol. The van der Waals surface area contributed by atoms with Crippen LogP contribution in [0, 0.1) is 0 Å². The second kappa shape index (κ2) is 10.5. The molecular weight excluding hydrogens is 590 g/mol. The summed E-state index contributed by atoms with van der Waals surface area (Å²) >= 11 is 0. The molecule has 224 valence electrons. The van der Waals surface area contributed by atoms with E-state index in [1.165, 1.54) is 0 Å². The molecule has 7 aromatic carbocycles. The standard InChI is InChI=1S/C43H25N3O2/c1-2-11-26(12-3-1)41-44-42(46-43(45-41)34-18-10-22-38-40(34)33-15-5-7-20-36(33)48-38)31-17-8-13-27-25-28(23-24-29(27)31)30-16-9-21-37-39(30)32-14-4-6-19-35(32)47-37/h1-25H/i1D,2D,3D,4D,5D,6D,7D,8D,9D,10D,11D,12D,13D,14D,15D,16D,17D,18D,19D,20D,21D,22D,23D,24D,25D. The maximum absolute atomic E-state index is 9.64. The van der Waals surface area contributed by atoms with Crippen molar-refractivity contribution in [2.75, 3.05) is 0 Å². The van der Waals surface area contributed by atoms with E-state index in [2.05, 4.69) is 15.0 Å². The fraction of sp³-hybridized carbons (Fsp3) is 0. The van der Waals surface area contributed by atoms with Gasteiger partial charge in [-0.3, -0.25) is 0 Å². The maximum Gasteiger partial charge on any atom is 0.164 e. The quantitative estimate of drug-likeness (QED) is 0.191. The van der Waals surface area contributed by atoms with Gasteiger partial charge < -0.3 is 8.83 Å². The van der Waals surface area contributed by atoms with Gasteiger partial charge in [0.25, 0.3) is 0 Å². The maximum atomic E-state index is 9.64. The molecule has 0 spiro atoms. The molecule has 0 aliphatic heterocycles. The van der Waals surface area contributed by atoms with Crippen LogP contribution in [0.2, 0.25) is 0 Å². The Morgan fingerprint density at radius 1 is 0.375 bits per heavy atom. The molecule has 48 heavy (non-hydrogen) atoms. The van der Waals surface area contributed by atoms with Gasteiger partial charge in [0.15, 0.2) is 17.5 Å². The Labute approximate surface area is 309 Å². The lowest BCUT2D eigenvalue weighted by Crippen LogP contribution is -2.00. The Kier molecular flexibility index (Phi) is 2.59. The molecular formula is C43H25N3O2. The largest absolute Gasteiger partial charge is 0.456 e. The molecule has 0 radical (unpaired) electrons. The van der Waals surface area contributed by atoms with Crippen LogP contribution in [-0.4, -0.2) is 15.0 Å². The summed E-state index contributed by atoms with van der Waals surface area (Å²) in [6.45, 7) is 0. The third-order valence-electron chi connectivity index (χ3n) is 7.39. The summed E-state index contributed by atoms with van der Waals surface area (Å²) in [6.07, 6.45) is 0. The summed E-state index contributed by atoms with van der Waals surface area (Å²) in [5, 5.41) is -3.05. The number of furan rings is 2. The minimum Gasteiger partial charge on any atom is -0.456 e. The number of aromatic nitrogens is 3. The van der Waals surface area contributed by atoms with E-state index in [4.69, 9.17) is 36.2 Å². The molecule has 0 fully saturated rings. The van der Waals surface area contributed by atoms with E-state index < -0.39 is 251 Å². The number of hydrogen-bond donors (Lipinski definition) is 0. The van der Waals surface area contributed by atoms with Crippen molar-refractivity contribution in [1.82, 2.24) is 15.0 Å². The van der Waals surface area contributed by atoms with Crippen LogP contribution in [0.25, 0.3) is 99.9 Å². The highest BCUT2D eigenvalue weighted by molar-refractivity contribution is 6.14. The van der Waals surface area contributed by atoms with Gasteiger partial charge in [-0.1, -0.05) is 121 Å². The van der Waals surface area contributed by atoms with Crippen molar-refractivity contribution in [1.29, 1.82) is 0 Å². The normalized spacial score (nSPS) is 19.0. The first kappa shape index (κ1) is 11.9. The molecule has 0 bridgehead atoms. The van der Waals surface area contributed by atoms with Crippen LogP contribution in [0.1, 0.15) is 34.3 Å². The van der Waals surface area contributed by atoms with Gasteiger partial charge in [0.2, 0.25) is 0 Å². The van der Waals surface area contributed by atoms with Crippen molar-refractivity contribution < 1.29 is 43.1 Å². The van der Waals surface area contributed by atoms with Crippen molar-refractivity contribution >= 4 is 54.6 Å². The SMILES string of the molecule is [2H]c1c([2H])c([2H])c(-c2nc(-c3c([2H])c([2H])c([2H])c4c([2H])c(-c5c([2H])c([2H])c([2H])c6oc7c([2H])c([2H])c([2H])c([2H])c7c56)c([2H])c([2H])c34)nc(-c3c([2H])c([2H])c([2H])c4oc5c([2H])c([2H])c([2H])c([2H])c5c34)n2)c([2H])c1[2H]. The lowest BCUT2D eigenvalue weighted by atomic mass is 9.95. The first-order chi connectivity index (χ1) is 34.2. The average Bonchev–Trinajstić information content (AvgIpc) is 3.96. The van der Waals surface area contributed by atoms with Gasteiger partial charge in [0, 0.05) is 38.2 Å². The molecule has 0 saturated heterocycles. The van der Waals surface area contributed by atoms with Gasteiger partial charge in [-0.05, 0) is 52.1 Å². The first-order valence-corrected chi connectivity index (χ1v) is 13.9. The number of nitrogens with zero attached hydrogens (tertiary/aromatic N) is 3. The number of para-hydroxylation sites is 2. The monoisotopic (exact) mass is 640 g/mol. The summed E-state index contributed by atoms with van der Waals surface area (Å²) in [5.41, 5.74) is -5.50. The number of fused-ring (bicyclic) bond motifs is 7. The highest BCUT2D eigenvalue weighted by atomic mass is 16.3. The Bertz CT molecular complexity index is 4250. The van der Waals surface area contributed by atoms with Gasteiger partial charge in [-0.2, -0.15) is 0 Å². The van der Waals surface area contributed by atoms with Gasteiger partial charge in [0.1, 0.15) is 22.3 Å². The van der Waals surface area contributed by atoms with E-state index in [0.29, 0.717) is 0 Å². The Morgan fingerprint density at radius 2 is 0.917 bits per heavy atom. The smallest absolute Gasteiger partial charge is 0.164 e. The van der Waals surface area contributed by atoms with Crippen LogP contribution in [-0.2, 0) is 0 Å². The van der Waals surface area contributed by atoms with Crippen LogP contribution >= 0.6 is 0 Å². The zero-order valence-corrected chi connectivity index (χ0v) is 23.7. The molecule has 0 atom stereocenters. The first-order valence-electron chi connectivity index (χ1n) is 26.4. The van der Waals surface area contributed by atoms with E-state index >= 15 is 0 Å². The van der Waals surface area contributed by atoms with E-state index in [1.807, 2.05) is 0 Å². The molecule has 5 nitrogen and oxygen atoms in total. The lowest BCUT2D eigenvalue weighted by molar-refractivity contribution is 0.668. The summed E-state index contributed by atoms with van der Waals surface area (Å²) in [5.74, 6) is -2.44. The summed E-state index contributed by atoms with van der Waals surface area (Å²) in [4.78, 5) is 13.2. The minimum absolute atomic E-state index is 0.408. The van der Waals surface area contributed by atoms with Gasteiger partial charge >= 0.3 is 0 Å². The molecule has 3 aromatic heterocycles. The third-order valence-corrected chi connectivity index (χ3v) is 7.39. The Hall–Kier alpha value is -6.59. The zero-order valence-electron chi connectivity index (χ0n) is 48.7. The predicted octanol–water partition coefficient (Wildman–Crippen LogP) is 11.5. The molecule has 3 heterocycles. The molecule has 5 heteroatoms. The van der Waals surface area contributed by atoms with Gasteiger partial charge in [-0.25, -0.2) is 15.0 Å².